The van der Waals surface area contributed by atoms with Crippen LogP contribution in [-0.2, 0) is 6.54 Å². The summed E-state index contributed by atoms with van der Waals surface area (Å²) in [6, 6.07) is 0. The van der Waals surface area contributed by atoms with Gasteiger partial charge in [0.05, 0.1) is 12.7 Å². The van der Waals surface area contributed by atoms with E-state index in [2.05, 4.69) is 36.2 Å². The molecule has 0 atom stereocenters. The summed E-state index contributed by atoms with van der Waals surface area (Å²) >= 11 is 0. The van der Waals surface area contributed by atoms with Gasteiger partial charge in [-0.25, -0.2) is 4.68 Å². The van der Waals surface area contributed by atoms with Gasteiger partial charge in [-0.05, 0) is 0 Å². The van der Waals surface area contributed by atoms with E-state index >= 15 is 0 Å². The Kier molecular flexibility index (Phi) is 2.12. The minimum Gasteiger partial charge on any atom is -0.475 e. The highest BCUT2D eigenvalue weighted by Crippen LogP contribution is 2.21. The van der Waals surface area contributed by atoms with Gasteiger partial charge in [0.1, 0.15) is 20.2 Å². The van der Waals surface area contributed by atoms with Crippen molar-refractivity contribution in [2.45, 2.75) is 26.2 Å². The quantitative estimate of drug-likeness (QED) is 0.475. The van der Waals surface area contributed by atoms with Crippen LogP contribution in [0.5, 0.6) is 5.88 Å². The maximum atomic E-state index is 5.45. The number of hydrogen-bond acceptors (Lipinski definition) is 2. The molecule has 1 aromatic heterocycles. The normalized spacial score (nSPS) is 14.2. The Morgan fingerprint density at radius 3 is 3.00 bits per heavy atom. The van der Waals surface area contributed by atoms with Gasteiger partial charge in [0.25, 0.3) is 0 Å². The lowest BCUT2D eigenvalue weighted by Gasteiger charge is -2.02. The van der Waals surface area contributed by atoms with Crippen LogP contribution in [0.2, 0.25) is 19.6 Å². The van der Waals surface area contributed by atoms with E-state index in [0.717, 1.165) is 24.6 Å². The highest BCUT2D eigenvalue weighted by molar-refractivity contribution is 6.83. The molecule has 0 unspecified atom stereocenters. The zero-order chi connectivity index (χ0) is 10.2. The Balaban J connectivity index is 2.29. The number of hydrogen-bond donors (Lipinski definition) is 0. The molecule has 2 rings (SSSR count). The van der Waals surface area contributed by atoms with Crippen LogP contribution in [0.1, 0.15) is 5.56 Å². The summed E-state index contributed by atoms with van der Waals surface area (Å²) in [5.74, 6) is 4.01. The molecule has 2 heterocycles. The first-order valence-corrected chi connectivity index (χ1v) is 8.28. The second kappa shape index (κ2) is 3.17. The average molecular weight is 206 g/mol. The molecule has 1 aliphatic heterocycles. The number of aromatic nitrogens is 2. The van der Waals surface area contributed by atoms with Crippen LogP contribution in [0, 0.1) is 11.5 Å². The highest BCUT2D eigenvalue weighted by Gasteiger charge is 2.16. The first kappa shape index (κ1) is 9.35. The molecule has 14 heavy (non-hydrogen) atoms. The third-order valence-electron chi connectivity index (χ3n) is 1.91. The molecule has 0 saturated carbocycles. The van der Waals surface area contributed by atoms with Crippen LogP contribution in [0.25, 0.3) is 0 Å². The van der Waals surface area contributed by atoms with Crippen LogP contribution in [-0.4, -0.2) is 24.5 Å². The molecular weight excluding hydrogens is 192 g/mol. The molecule has 0 radical (unpaired) electrons. The van der Waals surface area contributed by atoms with Gasteiger partial charge in [0.15, 0.2) is 0 Å². The second-order valence-electron chi connectivity index (χ2n) is 4.44. The fraction of sp³-hybridized carbons (Fsp3) is 0.500. The monoisotopic (exact) mass is 206 g/mol. The molecule has 0 bridgehead atoms. The van der Waals surface area contributed by atoms with Crippen LogP contribution >= 0.6 is 0 Å². The lowest BCUT2D eigenvalue weighted by Crippen LogP contribution is -2.16. The number of ether oxygens (including phenoxy) is 1. The minimum atomic E-state index is -1.30. The molecule has 0 amide bonds. The van der Waals surface area contributed by atoms with Crippen LogP contribution in [0.3, 0.4) is 0 Å². The summed E-state index contributed by atoms with van der Waals surface area (Å²) in [7, 11) is -1.30. The van der Waals surface area contributed by atoms with Crippen molar-refractivity contribution >= 4 is 8.07 Å². The second-order valence-corrected chi connectivity index (χ2v) is 9.19. The van der Waals surface area contributed by atoms with Gasteiger partial charge < -0.3 is 4.74 Å². The van der Waals surface area contributed by atoms with E-state index in [1.165, 1.54) is 0 Å². The summed E-state index contributed by atoms with van der Waals surface area (Å²) in [5.41, 5.74) is 4.24. The third-order valence-corrected chi connectivity index (χ3v) is 2.78. The lowest BCUT2D eigenvalue weighted by molar-refractivity contribution is 0.356. The van der Waals surface area contributed by atoms with E-state index in [0.29, 0.717) is 0 Å². The molecule has 0 N–H and O–H groups in total. The zero-order valence-corrected chi connectivity index (χ0v) is 9.79. The van der Waals surface area contributed by atoms with E-state index < -0.39 is 8.07 Å². The van der Waals surface area contributed by atoms with Gasteiger partial charge in [0.2, 0.25) is 5.88 Å². The Labute approximate surface area is 85.1 Å². The highest BCUT2D eigenvalue weighted by atomic mass is 28.3. The molecule has 0 aromatic carbocycles. The Morgan fingerprint density at radius 1 is 1.50 bits per heavy atom. The average Bonchev–Trinajstić information content (AvgIpc) is 2.59. The van der Waals surface area contributed by atoms with Crippen LogP contribution < -0.4 is 4.74 Å². The molecule has 0 saturated heterocycles. The van der Waals surface area contributed by atoms with E-state index in [9.17, 15) is 0 Å². The van der Waals surface area contributed by atoms with Crippen molar-refractivity contribution in [2.24, 2.45) is 0 Å². The smallest absolute Gasteiger partial charge is 0.228 e. The largest absolute Gasteiger partial charge is 0.475 e. The molecule has 74 valence electrons. The number of nitrogens with zero attached hydrogens (tertiary/aromatic N) is 2. The summed E-state index contributed by atoms with van der Waals surface area (Å²) in [4.78, 5) is 0. The van der Waals surface area contributed by atoms with Crippen molar-refractivity contribution in [1.29, 1.82) is 0 Å². The fourth-order valence-corrected chi connectivity index (χ4v) is 1.76. The fourth-order valence-electron chi connectivity index (χ4n) is 1.26. The first-order valence-electron chi connectivity index (χ1n) is 4.78. The standard InChI is InChI=1S/C10H14N2OSi/c1-14(2,3)7-4-9-8-11-12-5-6-13-10(9)12/h8H,5-6H2,1-3H3. The van der Waals surface area contributed by atoms with Gasteiger partial charge in [-0.1, -0.05) is 25.6 Å². The molecule has 1 aromatic rings. The predicted molar refractivity (Wildman–Crippen MR) is 57.9 cm³/mol. The SMILES string of the molecule is C[Si](C)(C)C#Cc1cnn2c1OCC2. The predicted octanol–water partition coefficient (Wildman–Crippen LogP) is 1.50. The molecule has 1 aliphatic rings. The van der Waals surface area contributed by atoms with Crippen LogP contribution in [0.4, 0.5) is 0 Å². The molecule has 0 spiro atoms. The summed E-state index contributed by atoms with van der Waals surface area (Å²) in [6.07, 6.45) is 1.79. The Morgan fingerprint density at radius 2 is 2.29 bits per heavy atom. The zero-order valence-electron chi connectivity index (χ0n) is 8.79. The van der Waals surface area contributed by atoms with E-state index in [1.807, 2.05) is 4.68 Å². The third kappa shape index (κ3) is 1.83. The van der Waals surface area contributed by atoms with Crippen molar-refractivity contribution < 1.29 is 4.74 Å². The molecule has 4 heteroatoms. The van der Waals surface area contributed by atoms with Crippen molar-refractivity contribution in [3.05, 3.63) is 11.8 Å². The molecule has 0 aliphatic carbocycles. The number of rotatable bonds is 0. The van der Waals surface area contributed by atoms with E-state index in [-0.39, 0.29) is 0 Å². The summed E-state index contributed by atoms with van der Waals surface area (Å²) < 4.78 is 7.32. The van der Waals surface area contributed by atoms with Gasteiger partial charge in [-0.3, -0.25) is 0 Å². The first-order chi connectivity index (χ1) is 6.56. The van der Waals surface area contributed by atoms with E-state index in [1.54, 1.807) is 6.20 Å². The van der Waals surface area contributed by atoms with Gasteiger partial charge in [-0.15, -0.1) is 5.54 Å². The van der Waals surface area contributed by atoms with Crippen LogP contribution in [0.15, 0.2) is 6.20 Å². The maximum absolute atomic E-state index is 5.45. The van der Waals surface area contributed by atoms with Crippen molar-refractivity contribution in [2.75, 3.05) is 6.61 Å². The molecule has 0 fully saturated rings. The van der Waals surface area contributed by atoms with Crippen molar-refractivity contribution in [3.8, 4) is 17.3 Å². The van der Waals surface area contributed by atoms with E-state index in [4.69, 9.17) is 4.74 Å². The number of fused-ring (bicyclic) bond motifs is 1. The van der Waals surface area contributed by atoms with Crippen molar-refractivity contribution in [1.82, 2.24) is 9.78 Å². The summed E-state index contributed by atoms with van der Waals surface area (Å²) in [5, 5.41) is 4.20. The summed E-state index contributed by atoms with van der Waals surface area (Å²) in [6.45, 7) is 8.26. The van der Waals surface area contributed by atoms with Gasteiger partial charge in [-0.2, -0.15) is 5.10 Å². The lowest BCUT2D eigenvalue weighted by atomic mass is 10.4. The van der Waals surface area contributed by atoms with Crippen molar-refractivity contribution in [3.63, 3.8) is 0 Å². The van der Waals surface area contributed by atoms with Gasteiger partial charge >= 0.3 is 0 Å². The topological polar surface area (TPSA) is 27.1 Å². The minimum absolute atomic E-state index is 0.727. The Hall–Kier alpha value is -1.21. The maximum Gasteiger partial charge on any atom is 0.228 e. The molecule has 3 nitrogen and oxygen atoms in total. The van der Waals surface area contributed by atoms with Gasteiger partial charge in [0, 0.05) is 0 Å². The molecular formula is C10H14N2OSi. The Bertz CT molecular complexity index is 406.